The number of hydrogen-bond donors (Lipinski definition) is 0. The van der Waals surface area contributed by atoms with E-state index in [-0.39, 0.29) is 12.1 Å². The molecule has 0 saturated heterocycles. The fourth-order valence-corrected chi connectivity index (χ4v) is 9.83. The van der Waals surface area contributed by atoms with Gasteiger partial charge in [0.1, 0.15) is 23.0 Å². The first-order valence-electron chi connectivity index (χ1n) is 19.1. The lowest BCUT2D eigenvalue weighted by Gasteiger charge is -2.37. The quantitative estimate of drug-likeness (QED) is 0.171. The number of ether oxygens (including phenoxy) is 2. The van der Waals surface area contributed by atoms with Crippen LogP contribution in [0.4, 0.5) is 17.1 Å². The van der Waals surface area contributed by atoms with E-state index in [1.807, 2.05) is 0 Å². The first-order chi connectivity index (χ1) is 27.0. The van der Waals surface area contributed by atoms with Gasteiger partial charge in [-0.3, -0.25) is 0 Å². The summed E-state index contributed by atoms with van der Waals surface area (Å²) >= 11 is 0. The third kappa shape index (κ3) is 4.28. The van der Waals surface area contributed by atoms with Gasteiger partial charge in [-0.15, -0.1) is 0 Å². The van der Waals surface area contributed by atoms with E-state index in [1.54, 1.807) is 0 Å². The predicted molar refractivity (Wildman–Crippen MR) is 229 cm³/mol. The fourth-order valence-electron chi connectivity index (χ4n) is 9.83. The molecule has 2 heterocycles. The van der Waals surface area contributed by atoms with E-state index in [0.717, 1.165) is 45.5 Å². The van der Waals surface area contributed by atoms with Crippen LogP contribution in [0.15, 0.2) is 170 Å². The molecule has 9 aromatic rings. The number of rotatable bonds is 3. The largest absolute Gasteiger partial charge is 0.458 e. The zero-order valence-electron chi connectivity index (χ0n) is 30.5. The maximum absolute atomic E-state index is 7.23. The Morgan fingerprint density at radius 2 is 1.02 bits per heavy atom. The van der Waals surface area contributed by atoms with Crippen molar-refractivity contribution in [3.05, 3.63) is 181 Å². The van der Waals surface area contributed by atoms with E-state index in [1.165, 1.54) is 65.5 Å². The molecular weight excluding hydrogens is 669 g/mol. The maximum atomic E-state index is 7.23. The van der Waals surface area contributed by atoms with Crippen LogP contribution in [0.1, 0.15) is 25.0 Å². The molecule has 0 radical (unpaired) electrons. The van der Waals surface area contributed by atoms with Gasteiger partial charge in [-0.2, -0.15) is 0 Å². The third-order valence-corrected chi connectivity index (χ3v) is 12.3. The van der Waals surface area contributed by atoms with Crippen LogP contribution in [0.3, 0.4) is 0 Å². The van der Waals surface area contributed by atoms with Crippen LogP contribution in [-0.2, 0) is 5.41 Å². The highest BCUT2D eigenvalue weighted by molar-refractivity contribution is 7.01. The Balaban J connectivity index is 1.08. The highest BCUT2D eigenvalue weighted by Crippen LogP contribution is 2.56. The van der Waals surface area contributed by atoms with Crippen LogP contribution in [0.2, 0.25) is 0 Å². The molecular formula is C51H34BNO2. The van der Waals surface area contributed by atoms with E-state index >= 15 is 0 Å². The molecule has 0 saturated carbocycles. The molecule has 4 heteroatoms. The molecule has 0 atom stereocenters. The van der Waals surface area contributed by atoms with Crippen molar-refractivity contribution in [3.63, 3.8) is 0 Å². The van der Waals surface area contributed by atoms with Gasteiger partial charge in [0.05, 0.1) is 0 Å². The van der Waals surface area contributed by atoms with Gasteiger partial charge in [-0.05, 0) is 127 Å². The molecule has 2 aliphatic heterocycles. The third-order valence-electron chi connectivity index (χ3n) is 12.3. The second-order valence-electron chi connectivity index (χ2n) is 15.6. The molecule has 0 bridgehead atoms. The van der Waals surface area contributed by atoms with Crippen LogP contribution < -0.4 is 30.8 Å². The zero-order valence-corrected chi connectivity index (χ0v) is 30.5. The van der Waals surface area contributed by atoms with E-state index in [0.29, 0.717) is 0 Å². The molecule has 0 spiro atoms. The lowest BCUT2D eigenvalue weighted by molar-refractivity contribution is 0.454. The Labute approximate surface area is 320 Å². The number of fused-ring (bicyclic) bond motifs is 13. The average Bonchev–Trinajstić information content (AvgIpc) is 3.44. The number of benzene rings is 9. The molecule has 9 aromatic carbocycles. The summed E-state index contributed by atoms with van der Waals surface area (Å²) in [5, 5.41) is 7.26. The number of nitrogens with zero attached hydrogens (tertiary/aromatic N) is 1. The zero-order chi connectivity index (χ0) is 36.4. The van der Waals surface area contributed by atoms with Crippen LogP contribution in [0, 0.1) is 0 Å². The summed E-state index contributed by atoms with van der Waals surface area (Å²) in [6.07, 6.45) is 0. The van der Waals surface area contributed by atoms with Crippen molar-refractivity contribution in [3.8, 4) is 34.1 Å². The topological polar surface area (TPSA) is 21.7 Å². The normalized spacial score (nSPS) is 14.0. The molecule has 258 valence electrons. The van der Waals surface area contributed by atoms with Crippen molar-refractivity contribution in [1.82, 2.24) is 0 Å². The summed E-state index contributed by atoms with van der Waals surface area (Å²) in [6, 6.07) is 61.3. The summed E-state index contributed by atoms with van der Waals surface area (Å²) < 4.78 is 14.2. The predicted octanol–water partition coefficient (Wildman–Crippen LogP) is 11.6. The molecule has 0 N–H and O–H groups in total. The minimum atomic E-state index is -0.338. The number of anilines is 3. The summed E-state index contributed by atoms with van der Waals surface area (Å²) in [5.41, 5.74) is 11.5. The SMILES string of the molecule is CC1(C)c2cc3cc(N(c4ccccc4)c4ccccc4)ccc3cc2-c2cc3c4c(c21)Oc1ccc2ccccc2c1B4c1c(ccc2ccccc12)O3. The molecule has 3 aliphatic rings. The minimum Gasteiger partial charge on any atom is -0.458 e. The summed E-state index contributed by atoms with van der Waals surface area (Å²) in [6.45, 7) is 4.67. The van der Waals surface area contributed by atoms with Gasteiger partial charge in [0.15, 0.2) is 0 Å². The Bertz CT molecular complexity index is 3000. The fraction of sp³-hybridized carbons (Fsp3) is 0.0588. The van der Waals surface area contributed by atoms with Crippen LogP contribution in [0.5, 0.6) is 23.0 Å². The Hall–Kier alpha value is -6.78. The highest BCUT2D eigenvalue weighted by atomic mass is 16.5. The van der Waals surface area contributed by atoms with Gasteiger partial charge in [-0.25, -0.2) is 0 Å². The molecule has 0 unspecified atom stereocenters. The number of para-hydroxylation sites is 2. The number of hydrogen-bond acceptors (Lipinski definition) is 3. The van der Waals surface area contributed by atoms with Crippen LogP contribution in [-0.4, -0.2) is 6.71 Å². The van der Waals surface area contributed by atoms with Crippen molar-refractivity contribution in [2.45, 2.75) is 19.3 Å². The van der Waals surface area contributed by atoms with E-state index in [4.69, 9.17) is 9.47 Å². The average molecular weight is 704 g/mol. The molecule has 0 fully saturated rings. The standard InChI is InChI=1S/C51H34BNO2/c1-51(2)42-29-34-27-37(53(35-15-5-3-6-16-35)36-17-7-4-8-18-36)24-21-33(34)28-40(42)41-30-45-49-50(46(41)51)55-44-26-23-32-14-10-12-20-39(32)48(44)52(49)47-38-19-11-9-13-31(38)22-25-43(47)54-45/h3-30H,1-2H3. The molecule has 1 aliphatic carbocycles. The summed E-state index contributed by atoms with van der Waals surface area (Å²) in [5.74, 6) is 3.64. The first-order valence-corrected chi connectivity index (χ1v) is 19.1. The van der Waals surface area contributed by atoms with Gasteiger partial charge < -0.3 is 14.4 Å². The molecule has 0 aromatic heterocycles. The summed E-state index contributed by atoms with van der Waals surface area (Å²) in [7, 11) is 0. The lowest BCUT2D eigenvalue weighted by atomic mass is 9.33. The lowest BCUT2D eigenvalue weighted by Crippen LogP contribution is -2.58. The Morgan fingerprint density at radius 1 is 0.436 bits per heavy atom. The van der Waals surface area contributed by atoms with Crippen molar-refractivity contribution in [1.29, 1.82) is 0 Å². The van der Waals surface area contributed by atoms with Crippen molar-refractivity contribution < 1.29 is 9.47 Å². The van der Waals surface area contributed by atoms with Crippen molar-refractivity contribution >= 4 is 72.5 Å². The van der Waals surface area contributed by atoms with E-state index in [9.17, 15) is 0 Å². The monoisotopic (exact) mass is 703 g/mol. The molecule has 12 rings (SSSR count). The van der Waals surface area contributed by atoms with Crippen LogP contribution in [0.25, 0.3) is 43.4 Å². The maximum Gasteiger partial charge on any atom is 0.262 e. The smallest absolute Gasteiger partial charge is 0.262 e. The molecule has 0 amide bonds. The van der Waals surface area contributed by atoms with Gasteiger partial charge in [0.25, 0.3) is 6.71 Å². The second kappa shape index (κ2) is 11.1. The molecule has 3 nitrogen and oxygen atoms in total. The van der Waals surface area contributed by atoms with Gasteiger partial charge in [0, 0.05) is 33.5 Å². The van der Waals surface area contributed by atoms with Crippen LogP contribution >= 0.6 is 0 Å². The first kappa shape index (κ1) is 30.7. The van der Waals surface area contributed by atoms with Gasteiger partial charge >= 0.3 is 0 Å². The van der Waals surface area contributed by atoms with E-state index < -0.39 is 0 Å². The molecule has 55 heavy (non-hydrogen) atoms. The highest BCUT2D eigenvalue weighted by Gasteiger charge is 2.48. The van der Waals surface area contributed by atoms with Gasteiger partial charge in [0.2, 0.25) is 0 Å². The van der Waals surface area contributed by atoms with Crippen molar-refractivity contribution in [2.24, 2.45) is 0 Å². The minimum absolute atomic E-state index is 0.0527. The Morgan fingerprint density at radius 3 is 1.67 bits per heavy atom. The Kier molecular flexibility index (Phi) is 6.20. The van der Waals surface area contributed by atoms with E-state index in [2.05, 4.69) is 189 Å². The summed E-state index contributed by atoms with van der Waals surface area (Å²) in [4.78, 5) is 2.33. The second-order valence-corrected chi connectivity index (χ2v) is 15.6. The van der Waals surface area contributed by atoms with Gasteiger partial charge in [-0.1, -0.05) is 117 Å². The van der Waals surface area contributed by atoms with Crippen molar-refractivity contribution in [2.75, 3.05) is 4.90 Å².